The molecular formula is C20H23F2IN4O2. The number of benzene rings is 2. The quantitative estimate of drug-likeness (QED) is 0.284. The van der Waals surface area contributed by atoms with Crippen molar-refractivity contribution >= 4 is 29.9 Å². The molecule has 0 bridgehead atoms. The highest BCUT2D eigenvalue weighted by atomic mass is 127. The van der Waals surface area contributed by atoms with E-state index < -0.39 is 12.7 Å². The van der Waals surface area contributed by atoms with Crippen LogP contribution in [-0.4, -0.2) is 30.8 Å². The Labute approximate surface area is 185 Å². The molecular weight excluding hydrogens is 493 g/mol. The maximum atomic E-state index is 12.2. The average molecular weight is 516 g/mol. The number of aliphatic imine (C=N–C) groups is 1. The fourth-order valence-electron chi connectivity index (χ4n) is 2.38. The Bertz CT molecular complexity index is 809. The Morgan fingerprint density at radius 3 is 2.34 bits per heavy atom. The summed E-state index contributed by atoms with van der Waals surface area (Å²) in [4.78, 5) is 4.45. The lowest BCUT2D eigenvalue weighted by molar-refractivity contribution is -0.0498. The SMILES string of the molecule is CCNC(=NCc1ccc(C#N)cc1)NCC(O)c1ccc(OC(F)F)cc1.I. The van der Waals surface area contributed by atoms with Gasteiger partial charge < -0.3 is 20.5 Å². The molecule has 0 spiro atoms. The number of halogens is 3. The van der Waals surface area contributed by atoms with Gasteiger partial charge in [0.2, 0.25) is 0 Å². The number of guanidine groups is 1. The molecule has 1 unspecified atom stereocenters. The molecule has 9 heteroatoms. The number of nitriles is 1. The molecule has 0 aliphatic rings. The first-order valence-corrected chi connectivity index (χ1v) is 8.76. The van der Waals surface area contributed by atoms with Crippen molar-refractivity contribution in [1.29, 1.82) is 5.26 Å². The minimum Gasteiger partial charge on any atom is -0.435 e. The highest BCUT2D eigenvalue weighted by molar-refractivity contribution is 14.0. The molecule has 2 aromatic rings. The third kappa shape index (κ3) is 8.62. The third-order valence-electron chi connectivity index (χ3n) is 3.80. The molecule has 156 valence electrons. The van der Waals surface area contributed by atoms with Gasteiger partial charge in [-0.25, -0.2) is 4.99 Å². The average Bonchev–Trinajstić information content (AvgIpc) is 2.70. The van der Waals surface area contributed by atoms with Crippen LogP contribution in [0.1, 0.15) is 29.7 Å². The van der Waals surface area contributed by atoms with Crippen molar-refractivity contribution in [1.82, 2.24) is 10.6 Å². The van der Waals surface area contributed by atoms with E-state index in [0.717, 1.165) is 5.56 Å². The molecule has 0 aromatic heterocycles. The van der Waals surface area contributed by atoms with Crippen molar-refractivity contribution in [2.45, 2.75) is 26.2 Å². The largest absolute Gasteiger partial charge is 0.435 e. The molecule has 3 N–H and O–H groups in total. The smallest absolute Gasteiger partial charge is 0.387 e. The minimum absolute atomic E-state index is 0. The van der Waals surface area contributed by atoms with Crippen LogP contribution in [0, 0.1) is 11.3 Å². The molecule has 0 radical (unpaired) electrons. The first-order valence-electron chi connectivity index (χ1n) is 8.76. The molecule has 0 aliphatic heterocycles. The molecule has 29 heavy (non-hydrogen) atoms. The van der Waals surface area contributed by atoms with E-state index >= 15 is 0 Å². The van der Waals surface area contributed by atoms with Gasteiger partial charge in [-0.1, -0.05) is 24.3 Å². The fraction of sp³-hybridized carbons (Fsp3) is 0.300. The van der Waals surface area contributed by atoms with Gasteiger partial charge in [0.15, 0.2) is 5.96 Å². The van der Waals surface area contributed by atoms with Crippen molar-refractivity contribution in [3.8, 4) is 11.8 Å². The summed E-state index contributed by atoms with van der Waals surface area (Å²) >= 11 is 0. The van der Waals surface area contributed by atoms with Crippen LogP contribution in [0.2, 0.25) is 0 Å². The number of hydrogen-bond acceptors (Lipinski definition) is 4. The molecule has 1 atom stereocenters. The van der Waals surface area contributed by atoms with Crippen LogP contribution in [0.5, 0.6) is 5.75 Å². The Balaban J connectivity index is 0.00000420. The first-order chi connectivity index (χ1) is 13.5. The molecule has 0 saturated heterocycles. The number of hydrogen-bond donors (Lipinski definition) is 3. The van der Waals surface area contributed by atoms with Gasteiger partial charge in [0.25, 0.3) is 0 Å². The highest BCUT2D eigenvalue weighted by Crippen LogP contribution is 2.19. The van der Waals surface area contributed by atoms with E-state index in [-0.39, 0.29) is 36.3 Å². The molecule has 0 amide bonds. The van der Waals surface area contributed by atoms with Crippen LogP contribution in [0.25, 0.3) is 0 Å². The summed E-state index contributed by atoms with van der Waals surface area (Å²) in [6, 6.07) is 15.0. The van der Waals surface area contributed by atoms with Gasteiger partial charge in [-0.3, -0.25) is 0 Å². The molecule has 0 saturated carbocycles. The van der Waals surface area contributed by atoms with Gasteiger partial charge in [-0.2, -0.15) is 14.0 Å². The van der Waals surface area contributed by atoms with Gasteiger partial charge in [0.1, 0.15) is 5.75 Å². The number of rotatable bonds is 8. The zero-order valence-electron chi connectivity index (χ0n) is 15.8. The molecule has 6 nitrogen and oxygen atoms in total. The van der Waals surface area contributed by atoms with E-state index in [9.17, 15) is 13.9 Å². The summed E-state index contributed by atoms with van der Waals surface area (Å²) in [5.41, 5.74) is 2.11. The van der Waals surface area contributed by atoms with E-state index in [1.54, 1.807) is 12.1 Å². The lowest BCUT2D eigenvalue weighted by Crippen LogP contribution is -2.39. The minimum atomic E-state index is -2.88. The predicted molar refractivity (Wildman–Crippen MR) is 117 cm³/mol. The van der Waals surface area contributed by atoms with Gasteiger partial charge in [0.05, 0.1) is 24.3 Å². The van der Waals surface area contributed by atoms with E-state index in [1.165, 1.54) is 24.3 Å². The number of alkyl halides is 2. The van der Waals surface area contributed by atoms with E-state index in [2.05, 4.69) is 26.4 Å². The van der Waals surface area contributed by atoms with Gasteiger partial charge in [0, 0.05) is 13.1 Å². The normalized spacial score (nSPS) is 11.9. The van der Waals surface area contributed by atoms with Crippen LogP contribution in [-0.2, 0) is 6.54 Å². The second-order valence-corrected chi connectivity index (χ2v) is 5.85. The first kappa shape index (κ1) is 24.6. The zero-order chi connectivity index (χ0) is 20.4. The summed E-state index contributed by atoms with van der Waals surface area (Å²) in [6.07, 6.45) is -0.848. The number of aliphatic hydroxyl groups excluding tert-OH is 1. The van der Waals surface area contributed by atoms with E-state index in [4.69, 9.17) is 5.26 Å². The van der Waals surface area contributed by atoms with Crippen LogP contribution >= 0.6 is 24.0 Å². The third-order valence-corrected chi connectivity index (χ3v) is 3.80. The van der Waals surface area contributed by atoms with E-state index in [0.29, 0.717) is 30.2 Å². The van der Waals surface area contributed by atoms with Gasteiger partial charge >= 0.3 is 6.61 Å². The molecule has 2 aromatic carbocycles. The lowest BCUT2D eigenvalue weighted by atomic mass is 10.1. The maximum Gasteiger partial charge on any atom is 0.387 e. The number of nitrogens with zero attached hydrogens (tertiary/aromatic N) is 2. The fourth-order valence-corrected chi connectivity index (χ4v) is 2.38. The highest BCUT2D eigenvalue weighted by Gasteiger charge is 2.10. The van der Waals surface area contributed by atoms with Crippen LogP contribution in [0.15, 0.2) is 53.5 Å². The molecule has 0 heterocycles. The summed E-state index contributed by atoms with van der Waals surface area (Å²) < 4.78 is 28.6. The molecule has 0 fully saturated rings. The van der Waals surface area contributed by atoms with Gasteiger partial charge in [-0.15, -0.1) is 24.0 Å². The number of nitrogens with one attached hydrogen (secondary N) is 2. The Hall–Kier alpha value is -2.45. The predicted octanol–water partition coefficient (Wildman–Crippen LogP) is 3.57. The number of aliphatic hydroxyl groups is 1. The second kappa shape index (κ2) is 12.9. The lowest BCUT2D eigenvalue weighted by Gasteiger charge is -2.16. The van der Waals surface area contributed by atoms with Crippen molar-refractivity contribution in [3.05, 3.63) is 65.2 Å². The van der Waals surface area contributed by atoms with Gasteiger partial charge in [-0.05, 0) is 42.3 Å². The van der Waals surface area contributed by atoms with Crippen molar-refractivity contribution in [3.63, 3.8) is 0 Å². The Morgan fingerprint density at radius 1 is 1.14 bits per heavy atom. The summed E-state index contributed by atoms with van der Waals surface area (Å²) in [5.74, 6) is 0.569. The zero-order valence-corrected chi connectivity index (χ0v) is 18.1. The number of ether oxygens (including phenoxy) is 1. The van der Waals surface area contributed by atoms with Crippen LogP contribution in [0.3, 0.4) is 0 Å². The van der Waals surface area contributed by atoms with E-state index in [1.807, 2.05) is 19.1 Å². The standard InChI is InChI=1S/C20H22F2N4O2.HI/c1-2-24-20(25-12-15-5-3-14(11-23)4-6-15)26-13-18(27)16-7-9-17(10-8-16)28-19(21)22;/h3-10,18-19,27H,2,12-13H2,1H3,(H2,24,25,26);1H. The monoisotopic (exact) mass is 516 g/mol. The van der Waals surface area contributed by atoms with Crippen molar-refractivity contribution < 1.29 is 18.6 Å². The summed E-state index contributed by atoms with van der Waals surface area (Å²) in [5, 5.41) is 25.2. The second-order valence-electron chi connectivity index (χ2n) is 5.85. The summed E-state index contributed by atoms with van der Waals surface area (Å²) in [6.45, 7) is 0.296. The van der Waals surface area contributed by atoms with Crippen LogP contribution in [0.4, 0.5) is 8.78 Å². The maximum absolute atomic E-state index is 12.2. The molecule has 0 aliphatic carbocycles. The van der Waals surface area contributed by atoms with Crippen molar-refractivity contribution in [2.75, 3.05) is 13.1 Å². The Kier molecular flexibility index (Phi) is 10.9. The Morgan fingerprint density at radius 2 is 1.79 bits per heavy atom. The topological polar surface area (TPSA) is 89.7 Å². The van der Waals surface area contributed by atoms with Crippen molar-refractivity contribution in [2.24, 2.45) is 4.99 Å². The van der Waals surface area contributed by atoms with Crippen LogP contribution < -0.4 is 15.4 Å². The summed E-state index contributed by atoms with van der Waals surface area (Å²) in [7, 11) is 0. The molecule has 2 rings (SSSR count).